The van der Waals surface area contributed by atoms with Gasteiger partial charge >= 0.3 is 5.97 Å². The zero-order valence-corrected chi connectivity index (χ0v) is 7.35. The van der Waals surface area contributed by atoms with Crippen LogP contribution in [0.3, 0.4) is 0 Å². The third-order valence-electron chi connectivity index (χ3n) is 1.66. The van der Waals surface area contributed by atoms with Crippen molar-refractivity contribution in [1.29, 1.82) is 0 Å². The molecule has 1 aromatic rings. The molecule has 0 fully saturated rings. The number of pyridine rings is 1. The third kappa shape index (κ3) is 2.52. The van der Waals surface area contributed by atoms with Gasteiger partial charge in [0, 0.05) is 6.07 Å². The van der Waals surface area contributed by atoms with Crippen LogP contribution in [0.2, 0.25) is 0 Å². The third-order valence-corrected chi connectivity index (χ3v) is 1.66. The molecule has 0 amide bonds. The summed E-state index contributed by atoms with van der Waals surface area (Å²) in [5.41, 5.74) is -1.50. The van der Waals surface area contributed by atoms with Crippen molar-refractivity contribution in [3.8, 4) is 5.75 Å². The summed E-state index contributed by atoms with van der Waals surface area (Å²) >= 11 is 0. The van der Waals surface area contributed by atoms with E-state index in [9.17, 15) is 18.4 Å². The minimum atomic E-state index is -2.77. The van der Waals surface area contributed by atoms with Crippen LogP contribution in [0.25, 0.3) is 0 Å². The molecular formula is C8H7F2NO4. The van der Waals surface area contributed by atoms with E-state index in [4.69, 9.17) is 10.2 Å². The average molecular weight is 219 g/mol. The molecule has 0 unspecified atom stereocenters. The fraction of sp³-hybridized carbons (Fsp3) is 0.250. The molecule has 0 aliphatic carbocycles. The van der Waals surface area contributed by atoms with Crippen LogP contribution in [0, 0.1) is 0 Å². The molecule has 0 saturated carbocycles. The lowest BCUT2D eigenvalue weighted by molar-refractivity contribution is 0.0674. The topological polar surface area (TPSA) is 79.5 Å². The second-order valence-electron chi connectivity index (χ2n) is 2.76. The number of aromatic hydroxyl groups is 1. The Balaban J connectivity index is 3.28. The first kappa shape index (κ1) is 11.2. The molecule has 0 atom stereocenters. The first-order valence-electron chi connectivity index (χ1n) is 3.86. The van der Waals surface area contributed by atoms with Gasteiger partial charge in [-0.3, -0.25) is 4.79 Å². The number of hydrogen-bond donors (Lipinski definition) is 2. The maximum absolute atomic E-state index is 12.0. The Kier molecular flexibility index (Phi) is 3.03. The molecular weight excluding hydrogens is 212 g/mol. The van der Waals surface area contributed by atoms with Crippen LogP contribution < -0.4 is 5.43 Å². The Morgan fingerprint density at radius 3 is 2.60 bits per heavy atom. The minimum absolute atomic E-state index is 0.585. The van der Waals surface area contributed by atoms with Crippen molar-refractivity contribution >= 4 is 5.97 Å². The van der Waals surface area contributed by atoms with Crippen LogP contribution in [0.4, 0.5) is 8.78 Å². The lowest BCUT2D eigenvalue weighted by atomic mass is 10.3. The highest BCUT2D eigenvalue weighted by molar-refractivity contribution is 5.85. The normalized spacial score (nSPS) is 10.6. The molecule has 1 rings (SSSR count). The molecule has 0 radical (unpaired) electrons. The highest BCUT2D eigenvalue weighted by Gasteiger charge is 2.14. The lowest BCUT2D eigenvalue weighted by Gasteiger charge is -2.09. The van der Waals surface area contributed by atoms with Gasteiger partial charge < -0.3 is 14.8 Å². The van der Waals surface area contributed by atoms with Gasteiger partial charge in [-0.25, -0.2) is 13.6 Å². The number of alkyl halides is 2. The second kappa shape index (κ2) is 4.07. The first-order chi connectivity index (χ1) is 6.91. The predicted octanol–water partition coefficient (Wildman–Crippen LogP) is 0.517. The zero-order chi connectivity index (χ0) is 11.6. The summed E-state index contributed by atoms with van der Waals surface area (Å²) in [5, 5.41) is 17.6. The molecule has 0 saturated heterocycles. The zero-order valence-electron chi connectivity index (χ0n) is 7.35. The van der Waals surface area contributed by atoms with Crippen molar-refractivity contribution in [1.82, 2.24) is 4.57 Å². The first-order valence-corrected chi connectivity index (χ1v) is 3.86. The molecule has 0 spiro atoms. The van der Waals surface area contributed by atoms with E-state index < -0.39 is 35.8 Å². The quantitative estimate of drug-likeness (QED) is 0.776. The van der Waals surface area contributed by atoms with E-state index in [-0.39, 0.29) is 0 Å². The molecule has 15 heavy (non-hydrogen) atoms. The molecule has 0 aliphatic rings. The SMILES string of the molecule is O=C(O)c1cc(=O)c(O)cn1CC(F)F. The van der Waals surface area contributed by atoms with Gasteiger partial charge in [-0.1, -0.05) is 0 Å². The molecule has 1 aromatic heterocycles. The van der Waals surface area contributed by atoms with Gasteiger partial charge in [-0.2, -0.15) is 0 Å². The smallest absolute Gasteiger partial charge is 0.352 e. The van der Waals surface area contributed by atoms with Gasteiger partial charge in [0.15, 0.2) is 5.75 Å². The van der Waals surface area contributed by atoms with Gasteiger partial charge in [0.25, 0.3) is 6.43 Å². The Morgan fingerprint density at radius 2 is 2.13 bits per heavy atom. The molecule has 0 aromatic carbocycles. The van der Waals surface area contributed by atoms with Gasteiger partial charge in [0.2, 0.25) is 5.43 Å². The largest absolute Gasteiger partial charge is 0.503 e. The van der Waals surface area contributed by atoms with E-state index in [0.29, 0.717) is 16.8 Å². The molecule has 82 valence electrons. The highest BCUT2D eigenvalue weighted by atomic mass is 19.3. The van der Waals surface area contributed by atoms with Gasteiger partial charge in [-0.05, 0) is 0 Å². The number of aromatic carboxylic acids is 1. The maximum Gasteiger partial charge on any atom is 0.352 e. The van der Waals surface area contributed by atoms with Crippen molar-refractivity contribution < 1.29 is 23.8 Å². The molecule has 2 N–H and O–H groups in total. The Labute approximate surface area is 82.2 Å². The number of carboxylic acid groups (broad SMARTS) is 1. The standard InChI is InChI=1S/C8H7F2NO4/c9-7(10)3-11-2-6(13)5(12)1-4(11)8(14)15/h1-2,7,13H,3H2,(H,14,15). The number of hydrogen-bond acceptors (Lipinski definition) is 3. The maximum atomic E-state index is 12.0. The highest BCUT2D eigenvalue weighted by Crippen LogP contribution is 2.08. The fourth-order valence-electron chi connectivity index (χ4n) is 1.05. The van der Waals surface area contributed by atoms with Crippen molar-refractivity contribution in [2.45, 2.75) is 13.0 Å². The van der Waals surface area contributed by atoms with Crippen LogP contribution >= 0.6 is 0 Å². The summed E-state index contributed by atoms with van der Waals surface area (Å²) in [6.07, 6.45) is -2.09. The molecule has 1 heterocycles. The number of aromatic nitrogens is 1. The van der Waals surface area contributed by atoms with E-state index in [1.807, 2.05) is 0 Å². The summed E-state index contributed by atoms with van der Waals surface area (Å²) in [6.45, 7) is -0.893. The summed E-state index contributed by atoms with van der Waals surface area (Å²) in [5.74, 6) is -2.27. The van der Waals surface area contributed by atoms with E-state index in [0.717, 1.165) is 0 Å². The molecule has 0 aliphatic heterocycles. The Bertz CT molecular complexity index is 441. The van der Waals surface area contributed by atoms with Crippen LogP contribution in [0.15, 0.2) is 17.1 Å². The predicted molar refractivity (Wildman–Crippen MR) is 45.3 cm³/mol. The van der Waals surface area contributed by atoms with Crippen LogP contribution in [0.1, 0.15) is 10.5 Å². The minimum Gasteiger partial charge on any atom is -0.503 e. The van der Waals surface area contributed by atoms with Crippen LogP contribution in [-0.2, 0) is 6.54 Å². The van der Waals surface area contributed by atoms with Crippen molar-refractivity contribution in [2.75, 3.05) is 0 Å². The molecule has 0 bridgehead atoms. The van der Waals surface area contributed by atoms with E-state index in [1.165, 1.54) is 0 Å². The second-order valence-corrected chi connectivity index (χ2v) is 2.76. The average Bonchev–Trinajstić information content (AvgIpc) is 2.09. The molecule has 5 nitrogen and oxygen atoms in total. The summed E-state index contributed by atoms with van der Waals surface area (Å²) in [7, 11) is 0. The molecule has 7 heteroatoms. The lowest BCUT2D eigenvalue weighted by Crippen LogP contribution is -2.19. The summed E-state index contributed by atoms with van der Waals surface area (Å²) in [6, 6.07) is 0.597. The summed E-state index contributed by atoms with van der Waals surface area (Å²) in [4.78, 5) is 21.4. The van der Waals surface area contributed by atoms with Crippen LogP contribution in [0.5, 0.6) is 5.75 Å². The van der Waals surface area contributed by atoms with Crippen molar-refractivity contribution in [3.63, 3.8) is 0 Å². The van der Waals surface area contributed by atoms with Crippen molar-refractivity contribution in [2.24, 2.45) is 0 Å². The van der Waals surface area contributed by atoms with Gasteiger partial charge in [0.05, 0.1) is 12.7 Å². The Morgan fingerprint density at radius 1 is 1.53 bits per heavy atom. The van der Waals surface area contributed by atoms with E-state index >= 15 is 0 Å². The number of rotatable bonds is 3. The number of carboxylic acids is 1. The summed E-state index contributed by atoms with van der Waals surface area (Å²) < 4.78 is 24.7. The monoisotopic (exact) mass is 219 g/mol. The van der Waals surface area contributed by atoms with Crippen molar-refractivity contribution in [3.05, 3.63) is 28.2 Å². The number of halogens is 2. The van der Waals surface area contributed by atoms with Gasteiger partial charge in [-0.15, -0.1) is 0 Å². The van der Waals surface area contributed by atoms with Crippen LogP contribution in [-0.4, -0.2) is 27.2 Å². The van der Waals surface area contributed by atoms with E-state index in [1.54, 1.807) is 0 Å². The number of nitrogens with zero attached hydrogens (tertiary/aromatic N) is 1. The van der Waals surface area contributed by atoms with E-state index in [2.05, 4.69) is 0 Å². The van der Waals surface area contributed by atoms with Gasteiger partial charge in [0.1, 0.15) is 5.69 Å². The Hall–Kier alpha value is -1.92. The fourth-order valence-corrected chi connectivity index (χ4v) is 1.05. The number of carbonyl (C=O) groups is 1.